The van der Waals surface area contributed by atoms with Crippen LogP contribution in [0.25, 0.3) is 5.69 Å². The fourth-order valence-electron chi connectivity index (χ4n) is 1.91. The minimum atomic E-state index is -0.381. The maximum atomic E-state index is 11.9. The van der Waals surface area contributed by atoms with Gasteiger partial charge >= 0.3 is 0 Å². The molecule has 1 aromatic carbocycles. The van der Waals surface area contributed by atoms with Crippen LogP contribution in [0.1, 0.15) is 35.8 Å². The van der Waals surface area contributed by atoms with Crippen LogP contribution in [-0.4, -0.2) is 38.7 Å². The Kier molecular flexibility index (Phi) is 5.05. The molecule has 0 bridgehead atoms. The SMILES string of the molecule is CCC(O)CCNC(=O)c1cn(-c2cccc(C)c2)nn1. The number of carbonyl (C=O) groups is 1. The van der Waals surface area contributed by atoms with E-state index in [4.69, 9.17) is 0 Å². The van der Waals surface area contributed by atoms with Crippen LogP contribution in [0.3, 0.4) is 0 Å². The molecule has 21 heavy (non-hydrogen) atoms. The van der Waals surface area contributed by atoms with Gasteiger partial charge in [0.1, 0.15) is 0 Å². The molecule has 1 aromatic heterocycles. The largest absolute Gasteiger partial charge is 0.393 e. The van der Waals surface area contributed by atoms with E-state index >= 15 is 0 Å². The van der Waals surface area contributed by atoms with Crippen molar-refractivity contribution in [2.45, 2.75) is 32.8 Å². The molecule has 1 atom stereocenters. The van der Waals surface area contributed by atoms with Gasteiger partial charge in [-0.15, -0.1) is 5.10 Å². The number of carbonyl (C=O) groups excluding carboxylic acids is 1. The summed E-state index contributed by atoms with van der Waals surface area (Å²) in [7, 11) is 0. The standard InChI is InChI=1S/C15H20N4O2/c1-3-13(20)7-8-16-15(21)14-10-19(18-17-14)12-6-4-5-11(2)9-12/h4-6,9-10,13,20H,3,7-8H2,1-2H3,(H,16,21). The van der Waals surface area contributed by atoms with Crippen molar-refractivity contribution in [2.24, 2.45) is 0 Å². The minimum Gasteiger partial charge on any atom is -0.393 e. The number of nitrogens with one attached hydrogen (secondary N) is 1. The monoisotopic (exact) mass is 288 g/mol. The predicted molar refractivity (Wildman–Crippen MR) is 79.3 cm³/mol. The first-order valence-corrected chi connectivity index (χ1v) is 7.05. The summed E-state index contributed by atoms with van der Waals surface area (Å²) in [6.45, 7) is 4.32. The van der Waals surface area contributed by atoms with E-state index in [1.165, 1.54) is 0 Å². The van der Waals surface area contributed by atoms with Gasteiger partial charge in [-0.25, -0.2) is 4.68 Å². The zero-order valence-corrected chi connectivity index (χ0v) is 12.3. The summed E-state index contributed by atoms with van der Waals surface area (Å²) >= 11 is 0. The van der Waals surface area contributed by atoms with Crippen LogP contribution < -0.4 is 5.32 Å². The molecular weight excluding hydrogens is 268 g/mol. The third-order valence-corrected chi connectivity index (χ3v) is 3.23. The van der Waals surface area contributed by atoms with Gasteiger partial charge in [0.25, 0.3) is 5.91 Å². The highest BCUT2D eigenvalue weighted by atomic mass is 16.3. The van der Waals surface area contributed by atoms with E-state index < -0.39 is 0 Å². The lowest BCUT2D eigenvalue weighted by Gasteiger charge is -2.07. The maximum Gasteiger partial charge on any atom is 0.273 e. The van der Waals surface area contributed by atoms with Gasteiger partial charge in [0.05, 0.1) is 18.0 Å². The fraction of sp³-hybridized carbons (Fsp3) is 0.400. The van der Waals surface area contributed by atoms with Crippen LogP contribution >= 0.6 is 0 Å². The second-order valence-electron chi connectivity index (χ2n) is 4.99. The van der Waals surface area contributed by atoms with E-state index in [0.717, 1.165) is 11.3 Å². The lowest BCUT2D eigenvalue weighted by Crippen LogP contribution is -2.27. The molecule has 112 valence electrons. The highest BCUT2D eigenvalue weighted by Crippen LogP contribution is 2.09. The molecule has 0 spiro atoms. The lowest BCUT2D eigenvalue weighted by molar-refractivity contribution is 0.0937. The molecule has 6 nitrogen and oxygen atoms in total. The first-order valence-electron chi connectivity index (χ1n) is 7.05. The van der Waals surface area contributed by atoms with Crippen LogP contribution in [0.5, 0.6) is 0 Å². The number of aliphatic hydroxyl groups is 1. The highest BCUT2D eigenvalue weighted by molar-refractivity contribution is 5.91. The number of nitrogens with zero attached hydrogens (tertiary/aromatic N) is 3. The minimum absolute atomic E-state index is 0.266. The molecule has 1 heterocycles. The average Bonchev–Trinajstić information content (AvgIpc) is 2.97. The molecular formula is C15H20N4O2. The topological polar surface area (TPSA) is 80.0 Å². The zero-order chi connectivity index (χ0) is 15.2. The molecule has 0 fully saturated rings. The van der Waals surface area contributed by atoms with Crippen molar-refractivity contribution >= 4 is 5.91 Å². The quantitative estimate of drug-likeness (QED) is 0.843. The summed E-state index contributed by atoms with van der Waals surface area (Å²) in [6.07, 6.45) is 2.43. The highest BCUT2D eigenvalue weighted by Gasteiger charge is 2.11. The first kappa shape index (κ1) is 15.2. The molecule has 2 aromatic rings. The molecule has 1 unspecified atom stereocenters. The van der Waals surface area contributed by atoms with Crippen molar-refractivity contribution in [1.82, 2.24) is 20.3 Å². The zero-order valence-electron chi connectivity index (χ0n) is 12.3. The van der Waals surface area contributed by atoms with E-state index in [9.17, 15) is 9.90 Å². The van der Waals surface area contributed by atoms with Crippen LogP contribution in [-0.2, 0) is 0 Å². The molecule has 0 aliphatic rings. The summed E-state index contributed by atoms with van der Waals surface area (Å²) in [5, 5.41) is 20.0. The predicted octanol–water partition coefficient (Wildman–Crippen LogP) is 1.47. The number of hydrogen-bond acceptors (Lipinski definition) is 4. The van der Waals surface area contributed by atoms with Crippen LogP contribution in [0, 0.1) is 6.92 Å². The van der Waals surface area contributed by atoms with Crippen molar-refractivity contribution in [3.05, 3.63) is 41.7 Å². The normalized spacial score (nSPS) is 12.1. The third kappa shape index (κ3) is 4.13. The second kappa shape index (κ2) is 6.99. The second-order valence-corrected chi connectivity index (χ2v) is 4.99. The smallest absolute Gasteiger partial charge is 0.273 e. The molecule has 0 aliphatic heterocycles. The number of amides is 1. The Labute approximate surface area is 123 Å². The third-order valence-electron chi connectivity index (χ3n) is 3.23. The summed E-state index contributed by atoms with van der Waals surface area (Å²) in [5.74, 6) is -0.280. The molecule has 2 N–H and O–H groups in total. The van der Waals surface area contributed by atoms with Crippen molar-refractivity contribution in [3.63, 3.8) is 0 Å². The van der Waals surface area contributed by atoms with Gasteiger partial charge in [-0.2, -0.15) is 0 Å². The molecule has 0 aliphatic carbocycles. The Morgan fingerprint density at radius 2 is 2.29 bits per heavy atom. The molecule has 2 rings (SSSR count). The number of aliphatic hydroxyl groups excluding tert-OH is 1. The van der Waals surface area contributed by atoms with Crippen LogP contribution in [0.4, 0.5) is 0 Å². The Morgan fingerprint density at radius 3 is 3.00 bits per heavy atom. The van der Waals surface area contributed by atoms with Crippen molar-refractivity contribution in [2.75, 3.05) is 6.54 Å². The Morgan fingerprint density at radius 1 is 1.48 bits per heavy atom. The lowest BCUT2D eigenvalue weighted by atomic mass is 10.2. The van der Waals surface area contributed by atoms with Gasteiger partial charge < -0.3 is 10.4 Å². The van der Waals surface area contributed by atoms with Crippen LogP contribution in [0.15, 0.2) is 30.5 Å². The maximum absolute atomic E-state index is 11.9. The van der Waals surface area contributed by atoms with Crippen molar-refractivity contribution < 1.29 is 9.90 Å². The van der Waals surface area contributed by atoms with Crippen molar-refractivity contribution in [3.8, 4) is 5.69 Å². The Bertz CT molecular complexity index is 609. The average molecular weight is 288 g/mol. The van der Waals surface area contributed by atoms with Gasteiger partial charge in [-0.1, -0.05) is 24.3 Å². The number of rotatable bonds is 6. The van der Waals surface area contributed by atoms with Gasteiger partial charge in [0.2, 0.25) is 0 Å². The number of benzene rings is 1. The Balaban J connectivity index is 1.98. The summed E-state index contributed by atoms with van der Waals surface area (Å²) in [6, 6.07) is 7.79. The summed E-state index contributed by atoms with van der Waals surface area (Å²) in [4.78, 5) is 11.9. The molecule has 6 heteroatoms. The molecule has 0 saturated carbocycles. The Hall–Kier alpha value is -2.21. The molecule has 0 radical (unpaired) electrons. The van der Waals surface area contributed by atoms with E-state index in [1.54, 1.807) is 10.9 Å². The number of hydrogen-bond donors (Lipinski definition) is 2. The van der Waals surface area contributed by atoms with E-state index in [0.29, 0.717) is 19.4 Å². The van der Waals surface area contributed by atoms with E-state index in [-0.39, 0.29) is 17.7 Å². The summed E-state index contributed by atoms with van der Waals surface area (Å²) < 4.78 is 1.57. The molecule has 0 saturated heterocycles. The number of aromatic nitrogens is 3. The van der Waals surface area contributed by atoms with E-state index in [2.05, 4.69) is 15.6 Å². The summed E-state index contributed by atoms with van der Waals surface area (Å²) in [5.41, 5.74) is 2.24. The molecule has 1 amide bonds. The first-order chi connectivity index (χ1) is 10.1. The van der Waals surface area contributed by atoms with Gasteiger partial charge in [-0.3, -0.25) is 4.79 Å². The van der Waals surface area contributed by atoms with Gasteiger partial charge in [-0.05, 0) is 37.5 Å². The van der Waals surface area contributed by atoms with E-state index in [1.807, 2.05) is 38.1 Å². The number of aryl methyl sites for hydroxylation is 1. The van der Waals surface area contributed by atoms with Gasteiger partial charge in [0.15, 0.2) is 5.69 Å². The van der Waals surface area contributed by atoms with Gasteiger partial charge in [0, 0.05) is 6.54 Å². The van der Waals surface area contributed by atoms with Crippen molar-refractivity contribution in [1.29, 1.82) is 0 Å². The van der Waals surface area contributed by atoms with Crippen LogP contribution in [0.2, 0.25) is 0 Å². The fourth-order valence-corrected chi connectivity index (χ4v) is 1.91.